The summed E-state index contributed by atoms with van der Waals surface area (Å²) in [5.74, 6) is -0.0695. The van der Waals surface area contributed by atoms with E-state index in [1.54, 1.807) is 12.1 Å². The van der Waals surface area contributed by atoms with Crippen LogP contribution in [0.2, 0.25) is 0 Å². The molecule has 0 radical (unpaired) electrons. The molecule has 0 aliphatic carbocycles. The molecule has 2 rings (SSSR count). The van der Waals surface area contributed by atoms with Crippen molar-refractivity contribution in [2.45, 2.75) is 13.0 Å². The Morgan fingerprint density at radius 2 is 1.74 bits per heavy atom. The summed E-state index contributed by atoms with van der Waals surface area (Å²) < 4.78 is 1.97. The highest BCUT2D eigenvalue weighted by atomic mass is 79.9. The molecule has 0 aromatic heterocycles. The highest BCUT2D eigenvalue weighted by Crippen LogP contribution is 2.18. The molecule has 0 saturated heterocycles. The Bertz CT molecular complexity index is 581. The van der Waals surface area contributed by atoms with Crippen LogP contribution >= 0.6 is 31.9 Å². The van der Waals surface area contributed by atoms with Gasteiger partial charge >= 0.3 is 0 Å². The Kier molecular flexibility index (Phi) is 4.77. The summed E-state index contributed by atoms with van der Waals surface area (Å²) in [4.78, 5) is 12.1. The van der Waals surface area contributed by atoms with E-state index in [9.17, 15) is 4.79 Å². The monoisotopic (exact) mass is 381 g/mol. The normalized spacial score (nSPS) is 11.9. The van der Waals surface area contributed by atoms with Gasteiger partial charge in [-0.1, -0.05) is 44.0 Å². The lowest BCUT2D eigenvalue weighted by atomic mass is 10.1. The first-order valence-electron chi connectivity index (χ1n) is 5.88. The minimum absolute atomic E-state index is 0.0337. The highest BCUT2D eigenvalue weighted by Gasteiger charge is 2.11. The first-order chi connectivity index (χ1) is 9.06. The zero-order valence-electron chi connectivity index (χ0n) is 10.4. The second-order valence-corrected chi connectivity index (χ2v) is 6.09. The maximum atomic E-state index is 12.1. The van der Waals surface area contributed by atoms with Gasteiger partial charge in [0.25, 0.3) is 5.91 Å². The van der Waals surface area contributed by atoms with E-state index in [0.29, 0.717) is 5.56 Å². The van der Waals surface area contributed by atoms with Crippen molar-refractivity contribution < 1.29 is 4.79 Å². The van der Waals surface area contributed by atoms with Crippen molar-refractivity contribution in [3.8, 4) is 0 Å². The second kappa shape index (κ2) is 6.35. The van der Waals surface area contributed by atoms with Gasteiger partial charge in [-0.15, -0.1) is 0 Å². The molecule has 1 atom stereocenters. The van der Waals surface area contributed by atoms with Crippen molar-refractivity contribution in [2.75, 3.05) is 0 Å². The number of benzene rings is 2. The molecule has 0 fully saturated rings. The lowest BCUT2D eigenvalue weighted by Gasteiger charge is -2.14. The van der Waals surface area contributed by atoms with Crippen LogP contribution in [-0.4, -0.2) is 5.91 Å². The van der Waals surface area contributed by atoms with E-state index in [4.69, 9.17) is 0 Å². The molecular weight excluding hydrogens is 370 g/mol. The zero-order chi connectivity index (χ0) is 13.8. The van der Waals surface area contributed by atoms with E-state index >= 15 is 0 Å². The third kappa shape index (κ3) is 3.91. The molecule has 98 valence electrons. The largest absolute Gasteiger partial charge is 0.346 e. The van der Waals surface area contributed by atoms with E-state index in [-0.39, 0.29) is 11.9 Å². The van der Waals surface area contributed by atoms with Crippen molar-refractivity contribution in [2.24, 2.45) is 0 Å². The van der Waals surface area contributed by atoms with Gasteiger partial charge in [0.2, 0.25) is 0 Å². The van der Waals surface area contributed by atoms with Gasteiger partial charge in [0, 0.05) is 14.5 Å². The summed E-state index contributed by atoms with van der Waals surface area (Å²) in [5.41, 5.74) is 1.73. The fourth-order valence-electron chi connectivity index (χ4n) is 1.74. The average Bonchev–Trinajstić information content (AvgIpc) is 2.39. The number of hydrogen-bond donors (Lipinski definition) is 1. The van der Waals surface area contributed by atoms with Gasteiger partial charge in [0.15, 0.2) is 0 Å². The van der Waals surface area contributed by atoms with Crippen LogP contribution in [0.4, 0.5) is 0 Å². The van der Waals surface area contributed by atoms with Gasteiger partial charge in [0.05, 0.1) is 6.04 Å². The molecule has 1 unspecified atom stereocenters. The fourth-order valence-corrected chi connectivity index (χ4v) is 2.42. The predicted octanol–water partition coefficient (Wildman–Crippen LogP) is 4.70. The highest BCUT2D eigenvalue weighted by molar-refractivity contribution is 9.10. The van der Waals surface area contributed by atoms with Gasteiger partial charge in [-0.25, -0.2) is 0 Å². The van der Waals surface area contributed by atoms with Gasteiger partial charge in [-0.05, 0) is 48.9 Å². The molecule has 0 bridgehead atoms. The Hall–Kier alpha value is -1.13. The topological polar surface area (TPSA) is 29.1 Å². The number of rotatable bonds is 3. The summed E-state index contributed by atoms with van der Waals surface area (Å²) in [5, 5.41) is 2.98. The van der Waals surface area contributed by atoms with Crippen LogP contribution in [0.3, 0.4) is 0 Å². The summed E-state index contributed by atoms with van der Waals surface area (Å²) in [6, 6.07) is 15.2. The summed E-state index contributed by atoms with van der Waals surface area (Å²) in [6.45, 7) is 1.97. The first-order valence-corrected chi connectivity index (χ1v) is 7.47. The SMILES string of the molecule is CC(NC(=O)c1ccc(Br)cc1)c1cccc(Br)c1. The number of carbonyl (C=O) groups excluding carboxylic acids is 1. The van der Waals surface area contributed by atoms with Crippen molar-refractivity contribution in [3.05, 3.63) is 68.6 Å². The minimum Gasteiger partial charge on any atom is -0.346 e. The Morgan fingerprint density at radius 1 is 1.05 bits per heavy atom. The standard InChI is InChI=1S/C15H13Br2NO/c1-10(12-3-2-4-14(17)9-12)18-15(19)11-5-7-13(16)8-6-11/h2-10H,1H3,(H,18,19). The van der Waals surface area contributed by atoms with Crippen LogP contribution < -0.4 is 5.32 Å². The molecule has 1 amide bonds. The number of amides is 1. The number of halogens is 2. The molecule has 0 heterocycles. The van der Waals surface area contributed by atoms with E-state index < -0.39 is 0 Å². The van der Waals surface area contributed by atoms with Crippen LogP contribution in [-0.2, 0) is 0 Å². The maximum Gasteiger partial charge on any atom is 0.251 e. The van der Waals surface area contributed by atoms with Gasteiger partial charge in [0.1, 0.15) is 0 Å². The van der Waals surface area contributed by atoms with Crippen molar-refractivity contribution in [1.82, 2.24) is 5.32 Å². The van der Waals surface area contributed by atoms with Crippen LogP contribution in [0, 0.1) is 0 Å². The Labute approximate surface area is 129 Å². The third-order valence-electron chi connectivity index (χ3n) is 2.80. The van der Waals surface area contributed by atoms with Gasteiger partial charge < -0.3 is 5.32 Å². The molecule has 2 aromatic rings. The van der Waals surface area contributed by atoms with Crippen molar-refractivity contribution in [1.29, 1.82) is 0 Å². The number of carbonyl (C=O) groups is 1. The third-order valence-corrected chi connectivity index (χ3v) is 3.82. The zero-order valence-corrected chi connectivity index (χ0v) is 13.5. The molecule has 1 N–H and O–H groups in total. The fraction of sp³-hybridized carbons (Fsp3) is 0.133. The van der Waals surface area contributed by atoms with Crippen molar-refractivity contribution in [3.63, 3.8) is 0 Å². The van der Waals surface area contributed by atoms with E-state index in [0.717, 1.165) is 14.5 Å². The molecule has 0 aliphatic rings. The lowest BCUT2D eigenvalue weighted by molar-refractivity contribution is 0.0940. The molecule has 0 spiro atoms. The molecule has 0 saturated carbocycles. The first kappa shape index (κ1) is 14.3. The molecule has 19 heavy (non-hydrogen) atoms. The minimum atomic E-state index is -0.0695. The van der Waals surface area contributed by atoms with Crippen LogP contribution in [0.15, 0.2) is 57.5 Å². The lowest BCUT2D eigenvalue weighted by Crippen LogP contribution is -2.26. The van der Waals surface area contributed by atoms with Gasteiger partial charge in [-0.2, -0.15) is 0 Å². The average molecular weight is 383 g/mol. The smallest absolute Gasteiger partial charge is 0.251 e. The van der Waals surface area contributed by atoms with E-state index in [1.165, 1.54) is 0 Å². The van der Waals surface area contributed by atoms with Crippen LogP contribution in [0.25, 0.3) is 0 Å². The second-order valence-electron chi connectivity index (χ2n) is 4.26. The number of hydrogen-bond acceptors (Lipinski definition) is 1. The maximum absolute atomic E-state index is 12.1. The Morgan fingerprint density at radius 3 is 2.37 bits per heavy atom. The Balaban J connectivity index is 2.08. The van der Waals surface area contributed by atoms with Crippen molar-refractivity contribution >= 4 is 37.8 Å². The molecular formula is C15H13Br2NO. The van der Waals surface area contributed by atoms with E-state index in [1.807, 2.05) is 43.3 Å². The molecule has 2 nitrogen and oxygen atoms in total. The van der Waals surface area contributed by atoms with E-state index in [2.05, 4.69) is 37.2 Å². The molecule has 2 aromatic carbocycles. The molecule has 0 aliphatic heterocycles. The molecule has 4 heteroatoms. The summed E-state index contributed by atoms with van der Waals surface area (Å²) in [6.07, 6.45) is 0. The van der Waals surface area contributed by atoms with Gasteiger partial charge in [-0.3, -0.25) is 4.79 Å². The van der Waals surface area contributed by atoms with Crippen LogP contribution in [0.5, 0.6) is 0 Å². The summed E-state index contributed by atoms with van der Waals surface area (Å²) >= 11 is 6.78. The predicted molar refractivity (Wildman–Crippen MR) is 84.2 cm³/mol. The van der Waals surface area contributed by atoms with Crippen LogP contribution in [0.1, 0.15) is 28.9 Å². The number of nitrogens with one attached hydrogen (secondary N) is 1. The summed E-state index contributed by atoms with van der Waals surface area (Å²) in [7, 11) is 0. The quantitative estimate of drug-likeness (QED) is 0.818.